The summed E-state index contributed by atoms with van der Waals surface area (Å²) in [6.45, 7) is 11.9. The van der Waals surface area contributed by atoms with Crippen LogP contribution in [0.3, 0.4) is 0 Å². The van der Waals surface area contributed by atoms with Gasteiger partial charge in [-0.2, -0.15) is 12.6 Å². The molecule has 0 aromatic heterocycles. The lowest BCUT2D eigenvalue weighted by atomic mass is 9.80. The average Bonchev–Trinajstić information content (AvgIpc) is 3.12. The Bertz CT molecular complexity index is 217. The first kappa shape index (κ1) is 16.4. The quantitative estimate of drug-likeness (QED) is 0.567. The molecule has 1 rings (SSSR count). The van der Waals surface area contributed by atoms with Crippen molar-refractivity contribution in [3.63, 3.8) is 0 Å². The molecule has 108 valence electrons. The van der Waals surface area contributed by atoms with E-state index < -0.39 is 0 Å². The van der Waals surface area contributed by atoms with Gasteiger partial charge in [0.25, 0.3) is 0 Å². The Morgan fingerprint density at radius 1 is 1.17 bits per heavy atom. The van der Waals surface area contributed by atoms with E-state index in [0.29, 0.717) is 5.41 Å². The molecule has 0 spiro atoms. The Labute approximate surface area is 120 Å². The summed E-state index contributed by atoms with van der Waals surface area (Å²) in [5.41, 5.74) is 0.462. The highest BCUT2D eigenvalue weighted by Crippen LogP contribution is 2.36. The van der Waals surface area contributed by atoms with Gasteiger partial charge in [0, 0.05) is 19.1 Å². The first-order valence-corrected chi connectivity index (χ1v) is 8.55. The van der Waals surface area contributed by atoms with E-state index in [0.717, 1.165) is 17.7 Å². The summed E-state index contributed by atoms with van der Waals surface area (Å²) in [4.78, 5) is 2.77. The Balaban J connectivity index is 2.64. The Hall–Kier alpha value is 0.310. The molecule has 0 bridgehead atoms. The topological polar surface area (TPSA) is 3.24 Å². The second-order valence-electron chi connectivity index (χ2n) is 6.71. The molecule has 0 aromatic carbocycles. The maximum absolute atomic E-state index is 4.70. The largest absolute Gasteiger partial charge is 0.300 e. The van der Waals surface area contributed by atoms with Crippen molar-refractivity contribution in [2.45, 2.75) is 72.3 Å². The molecule has 0 radical (unpaired) electrons. The molecule has 1 fully saturated rings. The third kappa shape index (κ3) is 5.13. The predicted molar refractivity (Wildman–Crippen MR) is 85.5 cm³/mol. The smallest absolute Gasteiger partial charge is 0.00967 e. The van der Waals surface area contributed by atoms with Crippen LogP contribution >= 0.6 is 12.6 Å². The molecule has 1 aliphatic carbocycles. The highest BCUT2D eigenvalue weighted by Gasteiger charge is 2.36. The number of hydrogen-bond acceptors (Lipinski definition) is 2. The van der Waals surface area contributed by atoms with E-state index in [-0.39, 0.29) is 0 Å². The highest BCUT2D eigenvalue weighted by atomic mass is 32.1. The summed E-state index contributed by atoms with van der Waals surface area (Å²) in [5.74, 6) is 1.84. The molecule has 2 heteroatoms. The monoisotopic (exact) mass is 271 g/mol. The summed E-state index contributed by atoms with van der Waals surface area (Å²) < 4.78 is 0. The Kier molecular flexibility index (Phi) is 7.08. The molecule has 18 heavy (non-hydrogen) atoms. The zero-order chi connectivity index (χ0) is 13.6. The van der Waals surface area contributed by atoms with Gasteiger partial charge in [0.2, 0.25) is 0 Å². The van der Waals surface area contributed by atoms with Crippen LogP contribution in [0.1, 0.15) is 66.2 Å². The molecule has 1 nitrogen and oxygen atoms in total. The molecule has 0 aromatic rings. The van der Waals surface area contributed by atoms with Gasteiger partial charge in [-0.15, -0.1) is 0 Å². The fourth-order valence-electron chi connectivity index (χ4n) is 3.23. The van der Waals surface area contributed by atoms with Crippen molar-refractivity contribution in [2.75, 3.05) is 18.8 Å². The van der Waals surface area contributed by atoms with Gasteiger partial charge in [-0.05, 0) is 42.8 Å². The minimum Gasteiger partial charge on any atom is -0.300 e. The maximum Gasteiger partial charge on any atom is 0.00967 e. The Morgan fingerprint density at radius 3 is 2.06 bits per heavy atom. The molecule has 0 aliphatic heterocycles. The van der Waals surface area contributed by atoms with Crippen molar-refractivity contribution >= 4 is 12.6 Å². The molecule has 1 saturated carbocycles. The standard InChI is InChI=1S/C16H33NS/c1-5-9-16(13-18,10-6-2)12-17(11-14(3)4)15-7-8-15/h14-15,18H,5-13H2,1-4H3. The molecule has 0 amide bonds. The lowest BCUT2D eigenvalue weighted by Crippen LogP contribution is -2.42. The van der Waals surface area contributed by atoms with Crippen molar-refractivity contribution < 1.29 is 0 Å². The number of thiol groups is 1. The fraction of sp³-hybridized carbons (Fsp3) is 1.00. The van der Waals surface area contributed by atoms with E-state index in [4.69, 9.17) is 12.6 Å². The predicted octanol–water partition coefficient (Wildman–Crippen LogP) is 4.62. The van der Waals surface area contributed by atoms with Gasteiger partial charge in [-0.25, -0.2) is 0 Å². The molecule has 0 N–H and O–H groups in total. The van der Waals surface area contributed by atoms with Gasteiger partial charge < -0.3 is 0 Å². The molecule has 0 atom stereocenters. The van der Waals surface area contributed by atoms with Crippen LogP contribution < -0.4 is 0 Å². The van der Waals surface area contributed by atoms with Crippen LogP contribution in [-0.4, -0.2) is 29.8 Å². The van der Waals surface area contributed by atoms with E-state index in [9.17, 15) is 0 Å². The molecular formula is C16H33NS. The van der Waals surface area contributed by atoms with E-state index in [2.05, 4.69) is 32.6 Å². The van der Waals surface area contributed by atoms with Gasteiger partial charge in [0.15, 0.2) is 0 Å². The van der Waals surface area contributed by atoms with Gasteiger partial charge in [0.1, 0.15) is 0 Å². The van der Waals surface area contributed by atoms with E-state index in [1.807, 2.05) is 0 Å². The second kappa shape index (κ2) is 7.79. The first-order valence-electron chi connectivity index (χ1n) is 7.91. The van der Waals surface area contributed by atoms with Crippen molar-refractivity contribution in [1.29, 1.82) is 0 Å². The van der Waals surface area contributed by atoms with Crippen LogP contribution in [0, 0.1) is 11.3 Å². The van der Waals surface area contributed by atoms with Crippen LogP contribution in [0.4, 0.5) is 0 Å². The summed E-state index contributed by atoms with van der Waals surface area (Å²) in [6, 6.07) is 0.889. The van der Waals surface area contributed by atoms with Crippen LogP contribution in [-0.2, 0) is 0 Å². The second-order valence-corrected chi connectivity index (χ2v) is 7.03. The van der Waals surface area contributed by atoms with Crippen LogP contribution in [0.5, 0.6) is 0 Å². The normalized spacial score (nSPS) is 16.8. The van der Waals surface area contributed by atoms with Gasteiger partial charge in [0.05, 0.1) is 0 Å². The number of nitrogens with zero attached hydrogens (tertiary/aromatic N) is 1. The molecular weight excluding hydrogens is 238 g/mol. The van der Waals surface area contributed by atoms with E-state index >= 15 is 0 Å². The van der Waals surface area contributed by atoms with Crippen LogP contribution in [0.2, 0.25) is 0 Å². The zero-order valence-electron chi connectivity index (χ0n) is 12.9. The van der Waals surface area contributed by atoms with Crippen LogP contribution in [0.25, 0.3) is 0 Å². The molecule has 0 heterocycles. The fourth-order valence-corrected chi connectivity index (χ4v) is 3.65. The zero-order valence-corrected chi connectivity index (χ0v) is 13.8. The third-order valence-corrected chi connectivity index (χ3v) is 4.77. The Morgan fingerprint density at radius 2 is 1.72 bits per heavy atom. The summed E-state index contributed by atoms with van der Waals surface area (Å²) in [5, 5.41) is 0. The van der Waals surface area contributed by atoms with Crippen molar-refractivity contribution in [3.05, 3.63) is 0 Å². The van der Waals surface area contributed by atoms with Gasteiger partial charge >= 0.3 is 0 Å². The first-order chi connectivity index (χ1) is 8.56. The minimum atomic E-state index is 0.462. The number of rotatable bonds is 10. The SMILES string of the molecule is CCCC(CS)(CCC)CN(CC(C)C)C1CC1. The summed E-state index contributed by atoms with van der Waals surface area (Å²) in [6.07, 6.45) is 8.11. The van der Waals surface area contributed by atoms with E-state index in [1.54, 1.807) is 0 Å². The van der Waals surface area contributed by atoms with Crippen molar-refractivity contribution in [2.24, 2.45) is 11.3 Å². The third-order valence-electron chi connectivity index (χ3n) is 4.10. The lowest BCUT2D eigenvalue weighted by molar-refractivity contribution is 0.128. The summed E-state index contributed by atoms with van der Waals surface area (Å²) >= 11 is 4.70. The summed E-state index contributed by atoms with van der Waals surface area (Å²) in [7, 11) is 0. The highest BCUT2D eigenvalue weighted by molar-refractivity contribution is 7.80. The van der Waals surface area contributed by atoms with Gasteiger partial charge in [-0.1, -0.05) is 40.5 Å². The number of hydrogen-bond donors (Lipinski definition) is 1. The van der Waals surface area contributed by atoms with Crippen LogP contribution in [0.15, 0.2) is 0 Å². The average molecular weight is 272 g/mol. The lowest BCUT2D eigenvalue weighted by Gasteiger charge is -2.38. The van der Waals surface area contributed by atoms with Gasteiger partial charge in [-0.3, -0.25) is 4.90 Å². The minimum absolute atomic E-state index is 0.462. The molecule has 0 saturated heterocycles. The van der Waals surface area contributed by atoms with E-state index in [1.165, 1.54) is 51.6 Å². The van der Waals surface area contributed by atoms with Crippen molar-refractivity contribution in [1.82, 2.24) is 4.90 Å². The molecule has 0 unspecified atom stereocenters. The molecule has 1 aliphatic rings. The van der Waals surface area contributed by atoms with Crippen molar-refractivity contribution in [3.8, 4) is 0 Å². The maximum atomic E-state index is 4.70.